The number of carbonyl (C=O) groups is 1. The molecule has 3 rings (SSSR count). The zero-order valence-electron chi connectivity index (χ0n) is 15.0. The average Bonchev–Trinajstić information content (AvgIpc) is 2.68. The normalized spacial score (nSPS) is 19.8. The first kappa shape index (κ1) is 19.9. The third-order valence-corrected chi connectivity index (χ3v) is 5.01. The van der Waals surface area contributed by atoms with Crippen LogP contribution in [0, 0.1) is 11.3 Å². The Morgan fingerprint density at radius 1 is 1.11 bits per heavy atom. The van der Waals surface area contributed by atoms with Crippen molar-refractivity contribution in [3.8, 4) is 11.6 Å². The second-order valence-electron chi connectivity index (χ2n) is 6.86. The molecule has 2 aromatic rings. The van der Waals surface area contributed by atoms with Crippen molar-refractivity contribution >= 4 is 11.6 Å². The van der Waals surface area contributed by atoms with Gasteiger partial charge >= 0.3 is 6.18 Å². The molecule has 0 bridgehead atoms. The highest BCUT2D eigenvalue weighted by Gasteiger charge is 2.41. The van der Waals surface area contributed by atoms with Crippen molar-refractivity contribution in [3.63, 3.8) is 0 Å². The minimum atomic E-state index is -4.14. The molecule has 28 heavy (non-hydrogen) atoms. The summed E-state index contributed by atoms with van der Waals surface area (Å²) in [5, 5.41) is 7.18. The van der Waals surface area contributed by atoms with Crippen molar-refractivity contribution in [1.29, 1.82) is 5.41 Å². The molecule has 1 aliphatic rings. The van der Waals surface area contributed by atoms with Crippen LogP contribution in [0.5, 0.6) is 11.6 Å². The Balaban J connectivity index is 1.73. The second kappa shape index (κ2) is 8.00. The molecule has 1 aromatic heterocycles. The summed E-state index contributed by atoms with van der Waals surface area (Å²) in [6.07, 6.45) is -1.52. The van der Waals surface area contributed by atoms with Crippen LogP contribution in [0.15, 0.2) is 42.6 Å². The van der Waals surface area contributed by atoms with E-state index in [1.54, 1.807) is 24.4 Å². The molecule has 0 amide bonds. The fourth-order valence-corrected chi connectivity index (χ4v) is 3.47. The molecule has 1 aromatic carbocycles. The van der Waals surface area contributed by atoms with E-state index in [-0.39, 0.29) is 24.3 Å². The highest BCUT2D eigenvalue weighted by molar-refractivity contribution is 6.43. The van der Waals surface area contributed by atoms with Crippen LogP contribution in [0.2, 0.25) is 0 Å². The summed E-state index contributed by atoms with van der Waals surface area (Å²) in [5.41, 5.74) is 6.24. The van der Waals surface area contributed by atoms with Gasteiger partial charge in [-0.1, -0.05) is 6.07 Å². The van der Waals surface area contributed by atoms with Crippen molar-refractivity contribution in [2.75, 3.05) is 0 Å². The third-order valence-electron chi connectivity index (χ3n) is 5.01. The van der Waals surface area contributed by atoms with E-state index in [2.05, 4.69) is 4.98 Å². The van der Waals surface area contributed by atoms with E-state index in [4.69, 9.17) is 15.9 Å². The smallest absolute Gasteiger partial charge is 0.391 e. The zero-order chi connectivity index (χ0) is 20.3. The van der Waals surface area contributed by atoms with E-state index in [1.807, 2.05) is 6.07 Å². The van der Waals surface area contributed by atoms with Gasteiger partial charge in [0, 0.05) is 17.3 Å². The topological polar surface area (TPSA) is 89.1 Å². The lowest BCUT2D eigenvalue weighted by Gasteiger charge is -2.30. The number of alkyl halides is 3. The maximum Gasteiger partial charge on any atom is 0.391 e. The standard InChI is InChI=1S/C20H20F3N3O2/c21-20(22,23)14-7-3-12(4-8-14)16-2-1-11-26-19(16)28-15-9-5-13(6-10-15)17(27)18(24)25/h1-2,5-6,9-12,14H,3-4,7-8H2,(H3,24,25). The lowest BCUT2D eigenvalue weighted by Crippen LogP contribution is -2.27. The number of halogens is 3. The minimum absolute atomic E-state index is 0.0409. The molecule has 1 fully saturated rings. The first-order valence-corrected chi connectivity index (χ1v) is 8.94. The molecule has 1 heterocycles. The molecular weight excluding hydrogens is 371 g/mol. The first-order valence-electron chi connectivity index (χ1n) is 8.94. The summed E-state index contributed by atoms with van der Waals surface area (Å²) in [5.74, 6) is -1.62. The zero-order valence-corrected chi connectivity index (χ0v) is 15.0. The van der Waals surface area contributed by atoms with E-state index in [9.17, 15) is 18.0 Å². The highest BCUT2D eigenvalue weighted by Crippen LogP contribution is 2.44. The van der Waals surface area contributed by atoms with Crippen LogP contribution in [-0.2, 0) is 0 Å². The number of hydrogen-bond acceptors (Lipinski definition) is 4. The average molecular weight is 391 g/mol. The number of hydrogen-bond donors (Lipinski definition) is 2. The Hall–Kier alpha value is -2.90. The first-order chi connectivity index (χ1) is 13.3. The summed E-state index contributed by atoms with van der Waals surface area (Å²) in [7, 11) is 0. The molecular formula is C20H20F3N3O2. The predicted octanol–water partition coefficient (Wildman–Crippen LogP) is 4.83. The minimum Gasteiger partial charge on any atom is -0.439 e. The van der Waals surface area contributed by atoms with Crippen molar-refractivity contribution in [2.45, 2.75) is 37.8 Å². The van der Waals surface area contributed by atoms with Gasteiger partial charge in [0.05, 0.1) is 5.92 Å². The van der Waals surface area contributed by atoms with Crippen LogP contribution in [0.25, 0.3) is 0 Å². The van der Waals surface area contributed by atoms with Crippen LogP contribution >= 0.6 is 0 Å². The molecule has 1 aliphatic carbocycles. The number of aromatic nitrogens is 1. The van der Waals surface area contributed by atoms with Crippen molar-refractivity contribution in [2.24, 2.45) is 11.7 Å². The van der Waals surface area contributed by atoms with Crippen LogP contribution in [0.3, 0.4) is 0 Å². The molecule has 5 nitrogen and oxygen atoms in total. The fraction of sp³-hybridized carbons (Fsp3) is 0.350. The van der Waals surface area contributed by atoms with Crippen molar-refractivity contribution in [3.05, 3.63) is 53.7 Å². The number of nitrogens with one attached hydrogen (secondary N) is 1. The molecule has 0 unspecified atom stereocenters. The monoisotopic (exact) mass is 391 g/mol. The SMILES string of the molecule is N=C(N)C(=O)c1ccc(Oc2ncccc2C2CCC(C(F)(F)F)CC2)cc1. The van der Waals surface area contributed by atoms with E-state index in [0.717, 1.165) is 5.56 Å². The number of nitrogens with zero attached hydrogens (tertiary/aromatic N) is 1. The summed E-state index contributed by atoms with van der Waals surface area (Å²) in [6.45, 7) is 0. The van der Waals surface area contributed by atoms with Gasteiger partial charge in [-0.05, 0) is 61.9 Å². The van der Waals surface area contributed by atoms with Crippen LogP contribution < -0.4 is 10.5 Å². The number of ketones is 1. The maximum absolute atomic E-state index is 12.9. The van der Waals surface area contributed by atoms with Gasteiger partial charge in [-0.3, -0.25) is 10.2 Å². The Morgan fingerprint density at radius 2 is 1.75 bits per heavy atom. The van der Waals surface area contributed by atoms with Gasteiger partial charge in [0.1, 0.15) is 5.75 Å². The number of carbonyl (C=O) groups excluding carboxylic acids is 1. The van der Waals surface area contributed by atoms with E-state index in [0.29, 0.717) is 24.5 Å². The molecule has 1 saturated carbocycles. The Morgan fingerprint density at radius 3 is 2.32 bits per heavy atom. The van der Waals surface area contributed by atoms with Crippen LogP contribution in [0.1, 0.15) is 47.5 Å². The largest absolute Gasteiger partial charge is 0.439 e. The molecule has 0 saturated heterocycles. The predicted molar refractivity (Wildman–Crippen MR) is 97.8 cm³/mol. The number of Topliss-reactive ketones (excluding diaryl/α,β-unsaturated/α-hetero) is 1. The van der Waals surface area contributed by atoms with Gasteiger partial charge in [0.15, 0.2) is 5.84 Å². The number of rotatable bonds is 5. The van der Waals surface area contributed by atoms with Gasteiger partial charge in [-0.15, -0.1) is 0 Å². The third kappa shape index (κ3) is 4.49. The quantitative estimate of drug-likeness (QED) is 0.434. The van der Waals surface area contributed by atoms with E-state index >= 15 is 0 Å². The summed E-state index contributed by atoms with van der Waals surface area (Å²) < 4.78 is 44.5. The van der Waals surface area contributed by atoms with Crippen LogP contribution in [-0.4, -0.2) is 22.8 Å². The number of benzene rings is 1. The lowest BCUT2D eigenvalue weighted by atomic mass is 9.78. The second-order valence-corrected chi connectivity index (χ2v) is 6.86. The molecule has 8 heteroatoms. The molecule has 0 spiro atoms. The van der Waals surface area contributed by atoms with E-state index < -0.39 is 23.7 Å². The number of nitrogens with two attached hydrogens (primary N) is 1. The van der Waals surface area contributed by atoms with Crippen molar-refractivity contribution in [1.82, 2.24) is 4.98 Å². The Labute approximate surface area is 160 Å². The molecule has 3 N–H and O–H groups in total. The number of pyridine rings is 1. The van der Waals surface area contributed by atoms with Gasteiger partial charge in [-0.2, -0.15) is 13.2 Å². The lowest BCUT2D eigenvalue weighted by molar-refractivity contribution is -0.182. The number of ether oxygens (including phenoxy) is 1. The van der Waals surface area contributed by atoms with Gasteiger partial charge in [0.25, 0.3) is 0 Å². The molecule has 0 radical (unpaired) electrons. The van der Waals surface area contributed by atoms with Crippen molar-refractivity contribution < 1.29 is 22.7 Å². The van der Waals surface area contributed by atoms with Gasteiger partial charge < -0.3 is 10.5 Å². The maximum atomic E-state index is 12.9. The van der Waals surface area contributed by atoms with E-state index in [1.165, 1.54) is 12.1 Å². The summed E-state index contributed by atoms with van der Waals surface area (Å²) >= 11 is 0. The summed E-state index contributed by atoms with van der Waals surface area (Å²) in [6, 6.07) is 9.69. The molecule has 148 valence electrons. The molecule has 0 atom stereocenters. The summed E-state index contributed by atoms with van der Waals surface area (Å²) in [4.78, 5) is 15.9. The fourth-order valence-electron chi connectivity index (χ4n) is 3.47. The Bertz CT molecular complexity index is 858. The molecule has 0 aliphatic heterocycles. The highest BCUT2D eigenvalue weighted by atomic mass is 19.4. The van der Waals surface area contributed by atoms with Gasteiger partial charge in [0.2, 0.25) is 11.7 Å². The Kier molecular flexibility index (Phi) is 5.67. The van der Waals surface area contributed by atoms with Gasteiger partial charge in [-0.25, -0.2) is 4.98 Å². The number of amidine groups is 1. The van der Waals surface area contributed by atoms with Crippen LogP contribution in [0.4, 0.5) is 13.2 Å².